The number of rotatable bonds is 8. The van der Waals surface area contributed by atoms with Crippen LogP contribution in [0.2, 0.25) is 0 Å². The number of hydrogen-bond donors (Lipinski definition) is 2. The molecule has 1 aromatic heterocycles. The van der Waals surface area contributed by atoms with E-state index in [-0.39, 0.29) is 18.8 Å². The van der Waals surface area contributed by atoms with Crippen molar-refractivity contribution in [1.29, 1.82) is 0 Å². The van der Waals surface area contributed by atoms with Gasteiger partial charge in [-0.15, -0.1) is 0 Å². The minimum Gasteiger partial charge on any atom is -0.384 e. The second-order valence-electron chi connectivity index (χ2n) is 5.82. The lowest BCUT2D eigenvalue weighted by atomic mass is 10.1. The molecule has 9 nitrogen and oxygen atoms in total. The Bertz CT molecular complexity index is 878. The van der Waals surface area contributed by atoms with E-state index in [0.29, 0.717) is 4.57 Å². The Morgan fingerprint density at radius 3 is 2.54 bits per heavy atom. The summed E-state index contributed by atoms with van der Waals surface area (Å²) in [6.45, 7) is 3.12. The van der Waals surface area contributed by atoms with Crippen molar-refractivity contribution < 1.29 is 32.2 Å². The minimum atomic E-state index is -3.90. The van der Waals surface area contributed by atoms with Gasteiger partial charge in [0.2, 0.25) is 6.23 Å². The van der Waals surface area contributed by atoms with Crippen LogP contribution in [0.4, 0.5) is 8.78 Å². The number of H-pyrrole nitrogens is 1. The monoisotopic (exact) mass is 536 g/mol. The first-order chi connectivity index (χ1) is 13.1. The molecular formula is C15H20F2IN2O7P. The average Bonchev–Trinajstić information content (AvgIpc) is 2.81. The van der Waals surface area contributed by atoms with Gasteiger partial charge in [0.25, 0.3) is 5.56 Å². The Morgan fingerprint density at radius 2 is 2.00 bits per heavy atom. The molecule has 1 saturated heterocycles. The van der Waals surface area contributed by atoms with Gasteiger partial charge in [-0.1, -0.05) is 22.6 Å². The van der Waals surface area contributed by atoms with Gasteiger partial charge in [0.05, 0.1) is 24.9 Å². The predicted molar refractivity (Wildman–Crippen MR) is 105 cm³/mol. The summed E-state index contributed by atoms with van der Waals surface area (Å²) in [7, 11) is -3.80. The van der Waals surface area contributed by atoms with Gasteiger partial charge < -0.3 is 18.9 Å². The van der Waals surface area contributed by atoms with E-state index in [9.17, 15) is 28.0 Å². The van der Waals surface area contributed by atoms with Crippen LogP contribution >= 0.6 is 30.2 Å². The van der Waals surface area contributed by atoms with E-state index >= 15 is 0 Å². The van der Waals surface area contributed by atoms with Gasteiger partial charge in [-0.25, -0.2) is 4.79 Å². The molecule has 0 aromatic carbocycles. The molecule has 1 fully saturated rings. The molecule has 1 aromatic rings. The van der Waals surface area contributed by atoms with Crippen molar-refractivity contribution in [3.63, 3.8) is 0 Å². The summed E-state index contributed by atoms with van der Waals surface area (Å²) in [6, 6.07) is 0. The molecule has 3 atom stereocenters. The maximum absolute atomic E-state index is 14.7. The number of aromatic nitrogens is 2. The van der Waals surface area contributed by atoms with Crippen molar-refractivity contribution in [1.82, 2.24) is 9.55 Å². The van der Waals surface area contributed by atoms with Crippen molar-refractivity contribution >= 4 is 36.3 Å². The first kappa shape index (κ1) is 23.4. The number of aliphatic hydroxyl groups excluding tert-OH is 1. The van der Waals surface area contributed by atoms with E-state index in [1.165, 1.54) is 10.2 Å². The third-order valence-electron chi connectivity index (χ3n) is 3.93. The van der Waals surface area contributed by atoms with Crippen LogP contribution in [-0.4, -0.2) is 52.2 Å². The van der Waals surface area contributed by atoms with Gasteiger partial charge in [-0.2, -0.15) is 8.78 Å². The van der Waals surface area contributed by atoms with E-state index < -0.39 is 49.4 Å². The Balaban J connectivity index is 2.41. The fourth-order valence-corrected chi connectivity index (χ4v) is 4.92. The summed E-state index contributed by atoms with van der Waals surface area (Å²) >= 11 is 1.82. The average molecular weight is 536 g/mol. The van der Waals surface area contributed by atoms with Crippen molar-refractivity contribution in [3.8, 4) is 0 Å². The Kier molecular flexibility index (Phi) is 7.73. The van der Waals surface area contributed by atoms with Gasteiger partial charge in [0.15, 0.2) is 0 Å². The second kappa shape index (κ2) is 9.26. The van der Waals surface area contributed by atoms with Gasteiger partial charge in [0, 0.05) is 6.20 Å². The lowest BCUT2D eigenvalue weighted by Crippen LogP contribution is -2.43. The normalized spacial score (nSPS) is 24.9. The fourth-order valence-electron chi connectivity index (χ4n) is 2.74. The lowest BCUT2D eigenvalue weighted by molar-refractivity contribution is -0.140. The molecule has 2 heterocycles. The highest BCUT2D eigenvalue weighted by Gasteiger charge is 2.61. The van der Waals surface area contributed by atoms with Crippen LogP contribution in [0.25, 0.3) is 6.08 Å². The van der Waals surface area contributed by atoms with E-state index in [2.05, 4.69) is 0 Å². The van der Waals surface area contributed by atoms with Crippen LogP contribution in [0.3, 0.4) is 0 Å². The SMILES string of the molecule is CCOP(=O)(C[C@H]1O[C@@H](n2cc(/C=C/I)c(=O)[nH]c2=O)C(F)(F)[C@@H]1O)OCC. The summed E-state index contributed by atoms with van der Waals surface area (Å²) in [6.07, 6.45) is -4.60. The number of halogens is 3. The van der Waals surface area contributed by atoms with Gasteiger partial charge >= 0.3 is 19.2 Å². The Labute approximate surface area is 172 Å². The van der Waals surface area contributed by atoms with Crippen LogP contribution < -0.4 is 11.2 Å². The van der Waals surface area contributed by atoms with Gasteiger partial charge in [0.1, 0.15) is 12.2 Å². The molecule has 2 N–H and O–H groups in total. The molecule has 0 aliphatic carbocycles. The van der Waals surface area contributed by atoms with Crippen molar-refractivity contribution in [2.75, 3.05) is 19.4 Å². The number of aromatic amines is 1. The van der Waals surface area contributed by atoms with E-state index in [4.69, 9.17) is 13.8 Å². The molecule has 0 radical (unpaired) electrons. The van der Waals surface area contributed by atoms with Crippen LogP contribution in [0.1, 0.15) is 25.6 Å². The minimum absolute atomic E-state index is 0.00525. The maximum atomic E-state index is 14.7. The number of hydrogen-bond acceptors (Lipinski definition) is 7. The number of aliphatic hydroxyl groups is 1. The first-order valence-electron chi connectivity index (χ1n) is 8.31. The zero-order chi connectivity index (χ0) is 21.1. The molecule has 158 valence electrons. The molecule has 1 aliphatic rings. The van der Waals surface area contributed by atoms with E-state index in [1.807, 2.05) is 27.6 Å². The predicted octanol–water partition coefficient (Wildman–Crippen LogP) is 2.10. The Hall–Kier alpha value is -0.920. The standard InChI is InChI=1S/C15H20F2IN2O7P/c1-3-25-28(24,26-4-2)8-10-11(21)15(16,17)13(27-10)20-7-9(5-6-18)12(22)19-14(20)23/h5-7,10-11,13,21H,3-4,8H2,1-2H3,(H,19,22,23)/b6-5+/t10-,11-,13-/m1/s1. The summed E-state index contributed by atoms with van der Waals surface area (Å²) in [5.74, 6) is -3.90. The number of ether oxygens (including phenoxy) is 1. The lowest BCUT2D eigenvalue weighted by Gasteiger charge is -2.22. The highest BCUT2D eigenvalue weighted by Crippen LogP contribution is 2.53. The molecule has 28 heavy (non-hydrogen) atoms. The highest BCUT2D eigenvalue weighted by molar-refractivity contribution is 14.1. The zero-order valence-corrected chi connectivity index (χ0v) is 18.1. The summed E-state index contributed by atoms with van der Waals surface area (Å²) < 4.78 is 59.2. The topological polar surface area (TPSA) is 120 Å². The van der Waals surface area contributed by atoms with Gasteiger partial charge in [-0.05, 0) is 24.0 Å². The summed E-state index contributed by atoms with van der Waals surface area (Å²) in [5.41, 5.74) is -1.95. The Morgan fingerprint density at radius 1 is 1.39 bits per heavy atom. The van der Waals surface area contributed by atoms with Crippen LogP contribution in [0.15, 0.2) is 19.9 Å². The quantitative estimate of drug-likeness (QED) is 0.386. The number of nitrogens with zero attached hydrogens (tertiary/aromatic N) is 1. The molecule has 0 spiro atoms. The largest absolute Gasteiger partial charge is 0.384 e. The number of nitrogens with one attached hydrogen (secondary N) is 1. The van der Waals surface area contributed by atoms with E-state index in [0.717, 1.165) is 6.20 Å². The molecular weight excluding hydrogens is 516 g/mol. The molecule has 0 amide bonds. The zero-order valence-electron chi connectivity index (χ0n) is 15.0. The highest BCUT2D eigenvalue weighted by atomic mass is 127. The van der Waals surface area contributed by atoms with Crippen molar-refractivity contribution in [3.05, 3.63) is 36.7 Å². The third-order valence-corrected chi connectivity index (χ3v) is 6.39. The number of alkyl halides is 2. The van der Waals surface area contributed by atoms with Crippen LogP contribution in [0, 0.1) is 0 Å². The van der Waals surface area contributed by atoms with Crippen LogP contribution in [-0.2, 0) is 18.3 Å². The van der Waals surface area contributed by atoms with Crippen LogP contribution in [0.5, 0.6) is 0 Å². The van der Waals surface area contributed by atoms with Crippen molar-refractivity contribution in [2.45, 2.75) is 38.2 Å². The first-order valence-corrected chi connectivity index (χ1v) is 11.3. The third kappa shape index (κ3) is 4.79. The van der Waals surface area contributed by atoms with Gasteiger partial charge in [-0.3, -0.25) is 18.9 Å². The molecule has 0 saturated carbocycles. The summed E-state index contributed by atoms with van der Waals surface area (Å²) in [4.78, 5) is 25.7. The molecule has 0 unspecified atom stereocenters. The smallest absolute Gasteiger partial charge is 0.333 e. The molecule has 1 aliphatic heterocycles. The van der Waals surface area contributed by atoms with Crippen molar-refractivity contribution in [2.24, 2.45) is 0 Å². The van der Waals surface area contributed by atoms with E-state index in [1.54, 1.807) is 13.8 Å². The maximum Gasteiger partial charge on any atom is 0.333 e. The fraction of sp³-hybridized carbons (Fsp3) is 0.600. The molecule has 0 bridgehead atoms. The molecule has 13 heteroatoms. The molecule has 2 rings (SSSR count). The second-order valence-corrected chi connectivity index (χ2v) is 8.64. The summed E-state index contributed by atoms with van der Waals surface area (Å²) in [5, 5.41) is 10.1.